The first-order chi connectivity index (χ1) is 24.0. The highest BCUT2D eigenvalue weighted by Gasteiger charge is 2.43. The Morgan fingerprint density at radius 1 is 0.740 bits per heavy atom. The van der Waals surface area contributed by atoms with Crippen LogP contribution in [0, 0.1) is 0 Å². The lowest BCUT2D eigenvalue weighted by atomic mass is 9.74. The second-order valence-electron chi connectivity index (χ2n) is 15.1. The Morgan fingerprint density at radius 2 is 1.22 bits per heavy atom. The van der Waals surface area contributed by atoms with Crippen molar-refractivity contribution in [2.75, 3.05) is 49.9 Å². The van der Waals surface area contributed by atoms with E-state index in [4.69, 9.17) is 9.47 Å². The largest absolute Gasteiger partial charge is 0.445 e. The molecule has 0 radical (unpaired) electrons. The Bertz CT molecular complexity index is 1660. The monoisotopic (exact) mass is 681 g/mol. The summed E-state index contributed by atoms with van der Waals surface area (Å²) >= 11 is 0. The van der Waals surface area contributed by atoms with Gasteiger partial charge >= 0.3 is 12.2 Å². The van der Waals surface area contributed by atoms with Gasteiger partial charge in [0.2, 0.25) is 5.91 Å². The Labute approximate surface area is 295 Å². The lowest BCUT2D eigenvalue weighted by molar-refractivity contribution is -0.134. The van der Waals surface area contributed by atoms with E-state index in [1.807, 2.05) is 46.2 Å². The van der Waals surface area contributed by atoms with Gasteiger partial charge in [0, 0.05) is 61.5 Å². The molecule has 7 rings (SSSR count). The van der Waals surface area contributed by atoms with Crippen LogP contribution in [0.5, 0.6) is 0 Å². The molecular weight excluding hydrogens is 630 g/mol. The fraction of sp³-hybridized carbons (Fsp3) is 0.475. The fourth-order valence-electron chi connectivity index (χ4n) is 7.71. The van der Waals surface area contributed by atoms with Crippen LogP contribution in [-0.4, -0.2) is 78.8 Å². The van der Waals surface area contributed by atoms with Gasteiger partial charge in [0.25, 0.3) is 0 Å². The number of piperidine rings is 2. The first-order valence-corrected chi connectivity index (χ1v) is 17.9. The topological polar surface area (TPSA) is 112 Å². The van der Waals surface area contributed by atoms with Crippen molar-refractivity contribution in [2.24, 2.45) is 0 Å². The minimum atomic E-state index is -0.590. The van der Waals surface area contributed by atoms with Crippen LogP contribution >= 0.6 is 0 Å². The maximum absolute atomic E-state index is 12.7. The minimum Gasteiger partial charge on any atom is -0.445 e. The number of anilines is 2. The van der Waals surface area contributed by atoms with E-state index < -0.39 is 17.7 Å². The number of likely N-dealkylation sites (tertiary alicyclic amines) is 2. The second kappa shape index (κ2) is 14.6. The van der Waals surface area contributed by atoms with Gasteiger partial charge in [-0.05, 0) is 82.2 Å². The number of rotatable bonds is 4. The fourth-order valence-corrected chi connectivity index (χ4v) is 7.71. The molecule has 2 saturated heterocycles. The molecule has 2 spiro atoms. The Hall–Kier alpha value is -4.73. The maximum atomic E-state index is 12.7. The molecule has 1 unspecified atom stereocenters. The first-order valence-electron chi connectivity index (χ1n) is 17.9. The molecule has 0 saturated carbocycles. The van der Waals surface area contributed by atoms with Gasteiger partial charge in [0.1, 0.15) is 18.2 Å². The summed E-state index contributed by atoms with van der Waals surface area (Å²) in [7, 11) is 0. The molecule has 4 aliphatic heterocycles. The third-order valence-electron chi connectivity index (χ3n) is 10.6. The molecule has 266 valence electrons. The molecule has 10 heteroatoms. The summed E-state index contributed by atoms with van der Waals surface area (Å²) in [6.07, 6.45) is 3.08. The van der Waals surface area contributed by atoms with Gasteiger partial charge < -0.3 is 35.2 Å². The number of benzene rings is 3. The number of nitrogens with one attached hydrogen (secondary N) is 3. The van der Waals surface area contributed by atoms with E-state index in [9.17, 15) is 14.4 Å². The number of nitrogens with zero attached hydrogens (tertiary/aromatic N) is 2. The van der Waals surface area contributed by atoms with E-state index in [0.29, 0.717) is 19.7 Å². The number of fused-ring (bicyclic) bond motifs is 4. The van der Waals surface area contributed by atoms with Gasteiger partial charge in [-0.25, -0.2) is 9.59 Å². The van der Waals surface area contributed by atoms with E-state index in [2.05, 4.69) is 58.4 Å². The Kier molecular flexibility index (Phi) is 10.3. The zero-order valence-corrected chi connectivity index (χ0v) is 29.8. The number of hydrogen-bond donors (Lipinski definition) is 3. The molecule has 1 atom stereocenters. The molecule has 10 nitrogen and oxygen atoms in total. The molecular formula is C40H51N5O5. The summed E-state index contributed by atoms with van der Waals surface area (Å²) in [6.45, 7) is 12.3. The van der Waals surface area contributed by atoms with E-state index in [-0.39, 0.29) is 22.8 Å². The molecule has 2 fully saturated rings. The van der Waals surface area contributed by atoms with Crippen LogP contribution in [0.3, 0.4) is 0 Å². The third kappa shape index (κ3) is 7.85. The van der Waals surface area contributed by atoms with Crippen molar-refractivity contribution in [3.05, 3.63) is 95.6 Å². The predicted molar refractivity (Wildman–Crippen MR) is 195 cm³/mol. The van der Waals surface area contributed by atoms with Crippen molar-refractivity contribution in [3.8, 4) is 0 Å². The van der Waals surface area contributed by atoms with Crippen molar-refractivity contribution in [3.63, 3.8) is 0 Å². The Morgan fingerprint density at radius 3 is 1.74 bits per heavy atom. The van der Waals surface area contributed by atoms with Gasteiger partial charge in [-0.15, -0.1) is 0 Å². The van der Waals surface area contributed by atoms with Crippen LogP contribution in [0.15, 0.2) is 78.9 Å². The van der Waals surface area contributed by atoms with E-state index in [1.165, 1.54) is 22.5 Å². The minimum absolute atomic E-state index is 0.0510. The number of carbonyl (C=O) groups excluding carboxylic acids is 3. The molecule has 3 N–H and O–H groups in total. The molecule has 0 aliphatic carbocycles. The number of ether oxygens (including phenoxy) is 2. The number of carbonyl (C=O) groups is 3. The maximum Gasteiger partial charge on any atom is 0.410 e. The van der Waals surface area contributed by atoms with E-state index >= 15 is 0 Å². The summed E-state index contributed by atoms with van der Waals surface area (Å²) < 4.78 is 10.7. The summed E-state index contributed by atoms with van der Waals surface area (Å²) in [5, 5.41) is 9.66. The zero-order chi connectivity index (χ0) is 35.4. The molecule has 3 amide bonds. The molecule has 4 heterocycles. The van der Waals surface area contributed by atoms with Crippen LogP contribution in [0.4, 0.5) is 21.0 Å². The third-order valence-corrected chi connectivity index (χ3v) is 10.6. The normalized spacial score (nSPS) is 18.8. The number of amides is 3. The van der Waals surface area contributed by atoms with Crippen molar-refractivity contribution < 1.29 is 23.9 Å². The molecule has 4 aliphatic rings. The molecule has 3 aromatic carbocycles. The van der Waals surface area contributed by atoms with Crippen LogP contribution in [0.1, 0.15) is 70.1 Å². The van der Waals surface area contributed by atoms with E-state index in [1.54, 1.807) is 27.7 Å². The summed E-state index contributed by atoms with van der Waals surface area (Å²) in [5.41, 5.74) is 5.97. The number of para-hydroxylation sites is 2. The standard InChI is InChI=1S/C20H29N3O3.C20H22N2O2/c1-14(22-18(25)26-19(2,3)4)17(24)23-11-9-20(10-12-23)13-21-16-8-6-5-7-15(16)20;23-19(24-14-16-6-2-1-3-7-16)22-12-10-20(11-13-22)15-21-18-9-5-4-8-17(18)20/h5-8,14,21H,9-13H2,1-4H3,(H,22,25);1-9,21H,10-15H2. The molecule has 0 aromatic heterocycles. The summed E-state index contributed by atoms with van der Waals surface area (Å²) in [6, 6.07) is 26.2. The number of hydrogen-bond acceptors (Lipinski definition) is 7. The van der Waals surface area contributed by atoms with Crippen LogP contribution in [0.2, 0.25) is 0 Å². The lowest BCUT2D eigenvalue weighted by Crippen LogP contribution is -2.52. The molecule has 0 bridgehead atoms. The van der Waals surface area contributed by atoms with E-state index in [0.717, 1.165) is 57.4 Å². The highest BCUT2D eigenvalue weighted by Crippen LogP contribution is 2.45. The average Bonchev–Trinajstić information content (AvgIpc) is 3.65. The summed E-state index contributed by atoms with van der Waals surface area (Å²) in [5.74, 6) is -0.0510. The lowest BCUT2D eigenvalue weighted by Gasteiger charge is -2.40. The first kappa shape index (κ1) is 35.1. The predicted octanol–water partition coefficient (Wildman–Crippen LogP) is 6.67. The van der Waals surface area contributed by atoms with Gasteiger partial charge in [-0.2, -0.15) is 0 Å². The Balaban J connectivity index is 0.000000173. The van der Waals surface area contributed by atoms with Gasteiger partial charge in [0.05, 0.1) is 0 Å². The van der Waals surface area contributed by atoms with Crippen molar-refractivity contribution in [1.29, 1.82) is 0 Å². The average molecular weight is 682 g/mol. The highest BCUT2D eigenvalue weighted by atomic mass is 16.6. The van der Waals surface area contributed by atoms with Crippen LogP contribution < -0.4 is 16.0 Å². The molecule has 3 aromatic rings. The van der Waals surface area contributed by atoms with Crippen molar-refractivity contribution in [2.45, 2.75) is 82.5 Å². The number of alkyl carbamates (subject to hydrolysis) is 1. The SMILES string of the molecule is CC(NC(=O)OC(C)(C)C)C(=O)N1CCC2(CC1)CNc1ccccc12.O=C(OCc1ccccc1)N1CCC2(CC1)CNc1ccccc12. The van der Waals surface area contributed by atoms with Gasteiger partial charge in [-0.3, -0.25) is 4.79 Å². The zero-order valence-electron chi connectivity index (χ0n) is 29.8. The van der Waals surface area contributed by atoms with Crippen LogP contribution in [-0.2, 0) is 31.7 Å². The highest BCUT2D eigenvalue weighted by molar-refractivity contribution is 5.85. The second-order valence-corrected chi connectivity index (χ2v) is 15.1. The molecule has 50 heavy (non-hydrogen) atoms. The quantitative estimate of drug-likeness (QED) is 0.282. The van der Waals surface area contributed by atoms with Crippen molar-refractivity contribution >= 4 is 29.5 Å². The van der Waals surface area contributed by atoms with Gasteiger partial charge in [0.15, 0.2) is 0 Å². The smallest absolute Gasteiger partial charge is 0.410 e. The van der Waals surface area contributed by atoms with Crippen LogP contribution in [0.25, 0.3) is 0 Å². The van der Waals surface area contributed by atoms with Gasteiger partial charge in [-0.1, -0.05) is 66.7 Å². The summed E-state index contributed by atoms with van der Waals surface area (Å²) in [4.78, 5) is 40.6. The van der Waals surface area contributed by atoms with Crippen molar-refractivity contribution in [1.82, 2.24) is 15.1 Å².